The first-order valence-electron chi connectivity index (χ1n) is 6.39. The van der Waals surface area contributed by atoms with Gasteiger partial charge in [-0.3, -0.25) is 0 Å². The molecular weight excluding hydrogens is 180 g/mol. The molecule has 0 aromatic carbocycles. The third kappa shape index (κ3) is 4.71. The van der Waals surface area contributed by atoms with Crippen LogP contribution in [0.15, 0.2) is 17.9 Å². The fourth-order valence-electron chi connectivity index (χ4n) is 2.00. The molecular formula is C15H28. The van der Waals surface area contributed by atoms with E-state index in [0.29, 0.717) is 5.41 Å². The van der Waals surface area contributed by atoms with Crippen LogP contribution in [0.2, 0.25) is 0 Å². The lowest BCUT2D eigenvalue weighted by atomic mass is 9.73. The Kier molecular flexibility index (Phi) is 6.68. The molecule has 88 valence electrons. The van der Waals surface area contributed by atoms with Crippen molar-refractivity contribution in [2.24, 2.45) is 11.3 Å². The van der Waals surface area contributed by atoms with E-state index in [2.05, 4.69) is 46.9 Å². The van der Waals surface area contributed by atoms with Crippen molar-refractivity contribution in [3.8, 4) is 0 Å². The standard InChI is InChI=1S/C15H28/c1-7-10-14(8-2)15(6,9-3)12-11-13(4)5/h13H,2,7,9-12H2,1,3-6H3. The van der Waals surface area contributed by atoms with Crippen molar-refractivity contribution in [1.82, 2.24) is 0 Å². The molecule has 0 fully saturated rings. The SMILES string of the molecule is C=C=C(CCC)C(C)(CC)CCC(C)C. The van der Waals surface area contributed by atoms with Gasteiger partial charge in [-0.2, -0.15) is 0 Å². The molecule has 0 spiro atoms. The summed E-state index contributed by atoms with van der Waals surface area (Å²) in [6, 6.07) is 0. The van der Waals surface area contributed by atoms with Crippen LogP contribution in [-0.2, 0) is 0 Å². The lowest BCUT2D eigenvalue weighted by molar-refractivity contribution is 0.309. The zero-order chi connectivity index (χ0) is 11.9. The first-order chi connectivity index (χ1) is 7.00. The molecule has 0 heteroatoms. The second kappa shape index (κ2) is 6.90. The van der Waals surface area contributed by atoms with Gasteiger partial charge in [0.05, 0.1) is 0 Å². The first-order valence-corrected chi connectivity index (χ1v) is 6.39. The van der Waals surface area contributed by atoms with Crippen molar-refractivity contribution < 1.29 is 0 Å². The van der Waals surface area contributed by atoms with E-state index in [-0.39, 0.29) is 0 Å². The van der Waals surface area contributed by atoms with E-state index >= 15 is 0 Å². The molecule has 0 aliphatic heterocycles. The van der Waals surface area contributed by atoms with Gasteiger partial charge < -0.3 is 0 Å². The maximum atomic E-state index is 3.86. The first kappa shape index (κ1) is 14.5. The molecule has 0 nitrogen and oxygen atoms in total. The van der Waals surface area contributed by atoms with Crippen LogP contribution in [0.1, 0.15) is 66.7 Å². The molecule has 15 heavy (non-hydrogen) atoms. The lowest BCUT2D eigenvalue weighted by Gasteiger charge is -2.31. The van der Waals surface area contributed by atoms with Crippen LogP contribution in [0, 0.1) is 11.3 Å². The Hall–Kier alpha value is -0.480. The van der Waals surface area contributed by atoms with Crippen LogP contribution in [0.25, 0.3) is 0 Å². The van der Waals surface area contributed by atoms with Gasteiger partial charge in [-0.05, 0) is 36.2 Å². The van der Waals surface area contributed by atoms with Gasteiger partial charge in [0, 0.05) is 0 Å². The van der Waals surface area contributed by atoms with Crippen molar-refractivity contribution in [3.63, 3.8) is 0 Å². The fraction of sp³-hybridized carbons (Fsp3) is 0.800. The van der Waals surface area contributed by atoms with Crippen molar-refractivity contribution in [3.05, 3.63) is 17.9 Å². The highest BCUT2D eigenvalue weighted by atomic mass is 14.3. The Balaban J connectivity index is 4.59. The maximum Gasteiger partial charge on any atom is -0.00433 e. The Morgan fingerprint density at radius 2 is 1.93 bits per heavy atom. The highest BCUT2D eigenvalue weighted by Gasteiger charge is 2.26. The topological polar surface area (TPSA) is 0 Å². The summed E-state index contributed by atoms with van der Waals surface area (Å²) in [5.41, 5.74) is 4.96. The number of hydrogen-bond donors (Lipinski definition) is 0. The van der Waals surface area contributed by atoms with Gasteiger partial charge in [0.15, 0.2) is 0 Å². The summed E-state index contributed by atoms with van der Waals surface area (Å²) in [6.45, 7) is 15.3. The summed E-state index contributed by atoms with van der Waals surface area (Å²) in [5.74, 6) is 0.795. The minimum Gasteiger partial charge on any atom is -0.129 e. The van der Waals surface area contributed by atoms with Crippen molar-refractivity contribution in [2.75, 3.05) is 0 Å². The van der Waals surface area contributed by atoms with Crippen LogP contribution in [0.4, 0.5) is 0 Å². The molecule has 0 bridgehead atoms. The van der Waals surface area contributed by atoms with Crippen LogP contribution < -0.4 is 0 Å². The van der Waals surface area contributed by atoms with E-state index in [0.717, 1.165) is 12.3 Å². The van der Waals surface area contributed by atoms with Crippen molar-refractivity contribution in [1.29, 1.82) is 0 Å². The zero-order valence-electron chi connectivity index (χ0n) is 11.3. The van der Waals surface area contributed by atoms with Crippen molar-refractivity contribution in [2.45, 2.75) is 66.7 Å². The number of rotatable bonds is 7. The molecule has 0 aromatic heterocycles. The van der Waals surface area contributed by atoms with Gasteiger partial charge in [-0.15, -0.1) is 5.73 Å². The summed E-state index contributed by atoms with van der Waals surface area (Å²) in [7, 11) is 0. The molecule has 0 saturated carbocycles. The molecule has 0 saturated heterocycles. The van der Waals surface area contributed by atoms with Gasteiger partial charge in [0.25, 0.3) is 0 Å². The third-order valence-corrected chi connectivity index (χ3v) is 3.50. The molecule has 1 unspecified atom stereocenters. The van der Waals surface area contributed by atoms with Gasteiger partial charge in [-0.1, -0.05) is 54.0 Å². The monoisotopic (exact) mass is 208 g/mol. The predicted octanol–water partition coefficient (Wildman–Crippen LogP) is 5.35. The molecule has 0 aliphatic carbocycles. The van der Waals surface area contributed by atoms with Gasteiger partial charge in [0.1, 0.15) is 0 Å². The van der Waals surface area contributed by atoms with Gasteiger partial charge >= 0.3 is 0 Å². The number of hydrogen-bond acceptors (Lipinski definition) is 0. The number of allylic oxidation sites excluding steroid dienone is 1. The summed E-state index contributed by atoms with van der Waals surface area (Å²) in [6.07, 6.45) is 6.15. The van der Waals surface area contributed by atoms with E-state index in [1.807, 2.05) is 0 Å². The molecule has 0 aromatic rings. The van der Waals surface area contributed by atoms with E-state index in [1.54, 1.807) is 0 Å². The van der Waals surface area contributed by atoms with Crippen LogP contribution in [-0.4, -0.2) is 0 Å². The van der Waals surface area contributed by atoms with Crippen LogP contribution in [0.3, 0.4) is 0 Å². The van der Waals surface area contributed by atoms with E-state index < -0.39 is 0 Å². The zero-order valence-corrected chi connectivity index (χ0v) is 11.3. The maximum absolute atomic E-state index is 3.86. The molecule has 0 aliphatic rings. The predicted molar refractivity (Wildman–Crippen MR) is 70.0 cm³/mol. The van der Waals surface area contributed by atoms with Gasteiger partial charge in [0.2, 0.25) is 0 Å². The smallest absolute Gasteiger partial charge is 0.00433 e. The Morgan fingerprint density at radius 3 is 2.27 bits per heavy atom. The quantitative estimate of drug-likeness (QED) is 0.495. The van der Waals surface area contributed by atoms with E-state index in [9.17, 15) is 0 Å². The molecule has 1 atom stereocenters. The Labute approximate surface area is 96.5 Å². The van der Waals surface area contributed by atoms with Crippen LogP contribution >= 0.6 is 0 Å². The third-order valence-electron chi connectivity index (χ3n) is 3.50. The van der Waals surface area contributed by atoms with E-state index in [4.69, 9.17) is 0 Å². The Morgan fingerprint density at radius 1 is 1.33 bits per heavy atom. The van der Waals surface area contributed by atoms with Crippen LogP contribution in [0.5, 0.6) is 0 Å². The molecule has 0 rings (SSSR count). The average molecular weight is 208 g/mol. The highest BCUT2D eigenvalue weighted by Crippen LogP contribution is 2.38. The van der Waals surface area contributed by atoms with Gasteiger partial charge in [-0.25, -0.2) is 0 Å². The second-order valence-electron chi connectivity index (χ2n) is 5.25. The summed E-state index contributed by atoms with van der Waals surface area (Å²) >= 11 is 0. The lowest BCUT2D eigenvalue weighted by Crippen LogP contribution is -2.19. The minimum atomic E-state index is 0.335. The summed E-state index contributed by atoms with van der Waals surface area (Å²) < 4.78 is 0. The van der Waals surface area contributed by atoms with Crippen molar-refractivity contribution >= 4 is 0 Å². The average Bonchev–Trinajstić information content (AvgIpc) is 2.22. The second-order valence-corrected chi connectivity index (χ2v) is 5.25. The Bertz CT molecular complexity index is 218. The highest BCUT2D eigenvalue weighted by molar-refractivity contribution is 5.11. The summed E-state index contributed by atoms with van der Waals surface area (Å²) in [4.78, 5) is 0. The summed E-state index contributed by atoms with van der Waals surface area (Å²) in [5, 5.41) is 0. The molecule has 0 amide bonds. The normalized spacial score (nSPS) is 14.8. The molecule has 0 heterocycles. The molecule has 0 N–H and O–H groups in total. The minimum absolute atomic E-state index is 0.335. The van der Waals surface area contributed by atoms with E-state index in [1.165, 1.54) is 31.3 Å². The largest absolute Gasteiger partial charge is 0.129 e. The molecule has 0 radical (unpaired) electrons. The fourth-order valence-corrected chi connectivity index (χ4v) is 2.00.